The molecule has 1 aliphatic rings. The largest absolute Gasteiger partial charge is 0.406 e. The molecule has 2 heterocycles. The second-order valence-corrected chi connectivity index (χ2v) is 2.90. The van der Waals surface area contributed by atoms with Crippen LogP contribution in [0.1, 0.15) is 5.69 Å². The van der Waals surface area contributed by atoms with Gasteiger partial charge in [0.2, 0.25) is 0 Å². The zero-order chi connectivity index (χ0) is 7.97. The minimum Gasteiger partial charge on any atom is -0.406 e. The Morgan fingerprint density at radius 3 is 3.17 bits per heavy atom. The first-order valence-corrected chi connectivity index (χ1v) is 3.94. The smallest absolute Gasteiger partial charge is 0.177 e. The van der Waals surface area contributed by atoms with Gasteiger partial charge in [0.25, 0.3) is 0 Å². The summed E-state index contributed by atoms with van der Waals surface area (Å²) in [4.78, 5) is 8.56. The van der Waals surface area contributed by atoms with Gasteiger partial charge >= 0.3 is 0 Å². The predicted molar refractivity (Wildman–Crippen MR) is 45.8 cm³/mol. The number of benzene rings is 1. The van der Waals surface area contributed by atoms with Crippen LogP contribution in [0.5, 0.6) is 5.75 Å². The molecule has 3 nitrogen and oxygen atoms in total. The van der Waals surface area contributed by atoms with Crippen molar-refractivity contribution in [2.75, 3.05) is 0 Å². The Morgan fingerprint density at radius 2 is 2.17 bits per heavy atom. The highest BCUT2D eigenvalue weighted by atomic mass is 16.7. The molecule has 0 aliphatic carbocycles. The predicted octanol–water partition coefficient (Wildman–Crippen LogP) is 1.56. The minimum absolute atomic E-state index is 0.768. The van der Waals surface area contributed by atoms with Gasteiger partial charge in [-0.3, -0.25) is 0 Å². The van der Waals surface area contributed by atoms with Crippen LogP contribution < -0.4 is 10.3 Å². The number of nitrogens with one attached hydrogen (secondary N) is 2. The van der Waals surface area contributed by atoms with Crippen LogP contribution in [-0.4, -0.2) is 4.98 Å². The first-order valence-electron chi connectivity index (χ1n) is 3.94. The van der Waals surface area contributed by atoms with Crippen molar-refractivity contribution in [1.82, 2.24) is 10.5 Å². The zero-order valence-corrected chi connectivity index (χ0v) is 6.42. The Labute approximate surface area is 69.3 Å². The van der Waals surface area contributed by atoms with Gasteiger partial charge in [-0.25, -0.2) is 0 Å². The Hall–Kier alpha value is -1.48. The van der Waals surface area contributed by atoms with Gasteiger partial charge < -0.3 is 9.82 Å². The lowest BCUT2D eigenvalue weighted by molar-refractivity contribution is 0.226. The molecule has 0 fully saturated rings. The molecular formula is C9H8N2O. The number of rotatable bonds is 0. The molecule has 3 heteroatoms. The van der Waals surface area contributed by atoms with Crippen molar-refractivity contribution >= 4 is 10.9 Å². The van der Waals surface area contributed by atoms with E-state index in [2.05, 4.69) is 22.6 Å². The third-order valence-corrected chi connectivity index (χ3v) is 2.15. The van der Waals surface area contributed by atoms with Crippen molar-refractivity contribution in [2.24, 2.45) is 0 Å². The Bertz CT molecular complexity index is 433. The molecule has 60 valence electrons. The van der Waals surface area contributed by atoms with E-state index < -0.39 is 0 Å². The summed E-state index contributed by atoms with van der Waals surface area (Å²) in [6, 6.07) is 8.13. The number of fused-ring (bicyclic) bond motifs is 3. The van der Waals surface area contributed by atoms with Gasteiger partial charge in [0.05, 0.1) is 12.2 Å². The number of aromatic nitrogens is 1. The van der Waals surface area contributed by atoms with Crippen molar-refractivity contribution < 1.29 is 4.84 Å². The molecular weight excluding hydrogens is 152 g/mol. The quantitative estimate of drug-likeness (QED) is 0.613. The summed E-state index contributed by atoms with van der Waals surface area (Å²) in [5, 5.41) is 1.15. The van der Waals surface area contributed by atoms with Crippen LogP contribution in [0.4, 0.5) is 0 Å². The minimum atomic E-state index is 0.768. The van der Waals surface area contributed by atoms with E-state index in [9.17, 15) is 0 Å². The van der Waals surface area contributed by atoms with Gasteiger partial charge in [0.15, 0.2) is 5.75 Å². The van der Waals surface area contributed by atoms with E-state index in [4.69, 9.17) is 4.84 Å². The van der Waals surface area contributed by atoms with Crippen molar-refractivity contribution in [1.29, 1.82) is 0 Å². The SMILES string of the molecule is c1ccc2c3c([nH]c2c1)CNO3. The maximum Gasteiger partial charge on any atom is 0.177 e. The average Bonchev–Trinajstić information content (AvgIpc) is 2.62. The third-order valence-electron chi connectivity index (χ3n) is 2.15. The highest BCUT2D eigenvalue weighted by Crippen LogP contribution is 2.31. The average molecular weight is 160 g/mol. The molecule has 0 amide bonds. The fourth-order valence-electron chi connectivity index (χ4n) is 1.59. The highest BCUT2D eigenvalue weighted by molar-refractivity contribution is 5.88. The summed E-state index contributed by atoms with van der Waals surface area (Å²) < 4.78 is 0. The van der Waals surface area contributed by atoms with Crippen LogP contribution in [0.3, 0.4) is 0 Å². The van der Waals surface area contributed by atoms with Gasteiger partial charge in [-0.05, 0) is 12.1 Å². The number of hydrogen-bond donors (Lipinski definition) is 2. The Morgan fingerprint density at radius 1 is 1.25 bits per heavy atom. The molecule has 1 aliphatic heterocycles. The zero-order valence-electron chi connectivity index (χ0n) is 6.42. The fraction of sp³-hybridized carbons (Fsp3) is 0.111. The number of hydrogen-bond acceptors (Lipinski definition) is 2. The van der Waals surface area contributed by atoms with Gasteiger partial charge in [-0.2, -0.15) is 5.48 Å². The molecule has 0 bridgehead atoms. The lowest BCUT2D eigenvalue weighted by Crippen LogP contribution is -2.08. The normalized spacial score (nSPS) is 14.7. The fourth-order valence-corrected chi connectivity index (χ4v) is 1.59. The number of hydroxylamine groups is 1. The number of aromatic amines is 1. The molecule has 1 aromatic heterocycles. The van der Waals surface area contributed by atoms with Crippen molar-refractivity contribution in [3.8, 4) is 5.75 Å². The monoisotopic (exact) mass is 160 g/mol. The molecule has 0 radical (unpaired) electrons. The van der Waals surface area contributed by atoms with Gasteiger partial charge in [0, 0.05) is 10.9 Å². The first-order chi connectivity index (χ1) is 5.95. The summed E-state index contributed by atoms with van der Waals surface area (Å²) in [7, 11) is 0. The van der Waals surface area contributed by atoms with E-state index in [0.717, 1.165) is 28.9 Å². The van der Waals surface area contributed by atoms with Gasteiger partial charge in [-0.15, -0.1) is 0 Å². The van der Waals surface area contributed by atoms with E-state index >= 15 is 0 Å². The van der Waals surface area contributed by atoms with Crippen LogP contribution in [0.2, 0.25) is 0 Å². The van der Waals surface area contributed by atoms with Crippen molar-refractivity contribution in [2.45, 2.75) is 6.54 Å². The third kappa shape index (κ3) is 0.636. The van der Waals surface area contributed by atoms with Crippen molar-refractivity contribution in [3.63, 3.8) is 0 Å². The summed E-state index contributed by atoms with van der Waals surface area (Å²) >= 11 is 0. The topological polar surface area (TPSA) is 37.0 Å². The highest BCUT2D eigenvalue weighted by Gasteiger charge is 2.17. The molecule has 0 saturated heterocycles. The van der Waals surface area contributed by atoms with Crippen LogP contribution in [0.15, 0.2) is 24.3 Å². The first kappa shape index (κ1) is 6.08. The second-order valence-electron chi connectivity index (χ2n) is 2.90. The standard InChI is InChI=1S/C9H8N2O/c1-2-4-7-6(3-1)9-8(11-7)5-10-12-9/h1-4,10-11H,5H2. The summed E-state index contributed by atoms with van der Waals surface area (Å²) in [6.07, 6.45) is 0. The van der Waals surface area contributed by atoms with Gasteiger partial charge in [0.1, 0.15) is 0 Å². The molecule has 0 unspecified atom stereocenters. The van der Waals surface area contributed by atoms with E-state index in [1.54, 1.807) is 0 Å². The van der Waals surface area contributed by atoms with Crippen molar-refractivity contribution in [3.05, 3.63) is 30.0 Å². The molecule has 1 aromatic carbocycles. The lowest BCUT2D eigenvalue weighted by atomic mass is 10.2. The molecule has 0 saturated carbocycles. The van der Waals surface area contributed by atoms with E-state index in [-0.39, 0.29) is 0 Å². The van der Waals surface area contributed by atoms with Crippen LogP contribution in [0, 0.1) is 0 Å². The maximum absolute atomic E-state index is 5.27. The Kier molecular flexibility index (Phi) is 1.02. The van der Waals surface area contributed by atoms with E-state index in [1.165, 1.54) is 0 Å². The van der Waals surface area contributed by atoms with E-state index in [1.807, 2.05) is 12.1 Å². The molecule has 0 spiro atoms. The maximum atomic E-state index is 5.27. The van der Waals surface area contributed by atoms with Crippen LogP contribution >= 0.6 is 0 Å². The molecule has 0 atom stereocenters. The second kappa shape index (κ2) is 2.01. The molecule has 2 aromatic rings. The molecule has 12 heavy (non-hydrogen) atoms. The molecule has 2 N–H and O–H groups in total. The van der Waals surface area contributed by atoms with Gasteiger partial charge in [-0.1, -0.05) is 12.1 Å². The number of H-pyrrole nitrogens is 1. The summed E-state index contributed by atoms with van der Waals surface area (Å²) in [5.74, 6) is 0.950. The summed E-state index contributed by atoms with van der Waals surface area (Å²) in [6.45, 7) is 0.768. The Balaban J connectivity index is 2.44. The number of para-hydroxylation sites is 1. The van der Waals surface area contributed by atoms with Crippen LogP contribution in [-0.2, 0) is 6.54 Å². The van der Waals surface area contributed by atoms with E-state index in [0.29, 0.717) is 0 Å². The summed E-state index contributed by atoms with van der Waals surface area (Å²) in [5.41, 5.74) is 5.11. The van der Waals surface area contributed by atoms with Crippen LogP contribution in [0.25, 0.3) is 10.9 Å². The molecule has 3 rings (SSSR count). The lowest BCUT2D eigenvalue weighted by Gasteiger charge is -1.94.